The Kier molecular flexibility index (Phi) is 5.81. The largest absolute Gasteiger partial charge is 0.382 e. The van der Waals surface area contributed by atoms with E-state index in [0.717, 1.165) is 26.4 Å². The molecular weight excluding hydrogens is 315 g/mol. The van der Waals surface area contributed by atoms with Crippen LogP contribution in [0.3, 0.4) is 0 Å². The van der Waals surface area contributed by atoms with Gasteiger partial charge in [0.2, 0.25) is 0 Å². The van der Waals surface area contributed by atoms with Crippen LogP contribution in [0.2, 0.25) is 0 Å². The number of aryl methyl sites for hydroxylation is 1. The van der Waals surface area contributed by atoms with E-state index in [2.05, 4.69) is 53.4 Å². The first-order valence-corrected chi connectivity index (χ1v) is 10.0. The molecule has 0 aliphatic rings. The summed E-state index contributed by atoms with van der Waals surface area (Å²) in [6, 6.07) is 14.9. The topological polar surface area (TPSA) is 56.2 Å². The number of rotatable bonds is 8. The summed E-state index contributed by atoms with van der Waals surface area (Å²) in [5.74, 6) is 1.32. The first kappa shape index (κ1) is 16.9. The molecule has 24 heavy (non-hydrogen) atoms. The monoisotopic (exact) mass is 340 g/mol. The van der Waals surface area contributed by atoms with Crippen LogP contribution in [0.4, 0.5) is 5.82 Å². The second kappa shape index (κ2) is 8.25. The molecule has 0 fully saturated rings. The van der Waals surface area contributed by atoms with Crippen molar-refractivity contribution < 1.29 is 0 Å². The molecule has 0 radical (unpaired) electrons. The molecule has 0 saturated carbocycles. The highest BCUT2D eigenvalue weighted by Gasteiger charge is 2.10. The fourth-order valence-electron chi connectivity index (χ4n) is 3.02. The van der Waals surface area contributed by atoms with Crippen LogP contribution in [0.15, 0.2) is 48.8 Å². The van der Waals surface area contributed by atoms with E-state index < -0.39 is 0 Å². The summed E-state index contributed by atoms with van der Waals surface area (Å²) in [5, 5.41) is 4.33. The van der Waals surface area contributed by atoms with E-state index in [1.807, 2.05) is 10.6 Å². The Balaban J connectivity index is 1.52. The number of benzene rings is 1. The summed E-state index contributed by atoms with van der Waals surface area (Å²) in [5.41, 5.74) is 9.49. The number of aromatic nitrogens is 3. The number of anilines is 1. The van der Waals surface area contributed by atoms with E-state index in [4.69, 9.17) is 5.73 Å². The average molecular weight is 340 g/mol. The predicted molar refractivity (Wildman–Crippen MR) is 103 cm³/mol. The predicted octanol–water partition coefficient (Wildman–Crippen LogP) is 4.15. The van der Waals surface area contributed by atoms with Crippen molar-refractivity contribution in [3.63, 3.8) is 0 Å². The van der Waals surface area contributed by atoms with Crippen molar-refractivity contribution in [2.45, 2.75) is 32.3 Å². The van der Waals surface area contributed by atoms with Crippen molar-refractivity contribution in [2.24, 2.45) is 5.92 Å². The Morgan fingerprint density at radius 2 is 2.00 bits per heavy atom. The molecule has 2 atom stereocenters. The SMILES string of the molecule is CCC(CCc1ccc2c(N)ncnn12)CPCc1ccccc1. The molecule has 5 heteroatoms. The van der Waals surface area contributed by atoms with Gasteiger partial charge in [0.25, 0.3) is 0 Å². The van der Waals surface area contributed by atoms with Crippen LogP contribution in [0, 0.1) is 5.92 Å². The van der Waals surface area contributed by atoms with Gasteiger partial charge in [-0.2, -0.15) is 5.10 Å². The van der Waals surface area contributed by atoms with Crippen molar-refractivity contribution in [3.05, 3.63) is 60.0 Å². The van der Waals surface area contributed by atoms with Crippen LogP contribution in [0.1, 0.15) is 31.0 Å². The van der Waals surface area contributed by atoms with Crippen molar-refractivity contribution in [2.75, 3.05) is 11.9 Å². The maximum Gasteiger partial charge on any atom is 0.151 e. The van der Waals surface area contributed by atoms with Crippen LogP contribution in [0.5, 0.6) is 0 Å². The van der Waals surface area contributed by atoms with Crippen molar-refractivity contribution in [1.82, 2.24) is 14.6 Å². The highest BCUT2D eigenvalue weighted by molar-refractivity contribution is 7.37. The average Bonchev–Trinajstić information content (AvgIpc) is 3.03. The van der Waals surface area contributed by atoms with E-state index in [1.165, 1.54) is 42.8 Å². The number of hydrogen-bond donors (Lipinski definition) is 1. The quantitative estimate of drug-likeness (QED) is 0.627. The van der Waals surface area contributed by atoms with Gasteiger partial charge in [-0.1, -0.05) is 43.7 Å². The summed E-state index contributed by atoms with van der Waals surface area (Å²) in [6.07, 6.45) is 7.53. The number of nitrogen functional groups attached to an aromatic ring is 1. The Labute approximate surface area is 145 Å². The maximum atomic E-state index is 5.90. The van der Waals surface area contributed by atoms with Gasteiger partial charge in [-0.15, -0.1) is 8.58 Å². The molecule has 1 aromatic carbocycles. The molecule has 0 bridgehead atoms. The van der Waals surface area contributed by atoms with E-state index >= 15 is 0 Å². The van der Waals surface area contributed by atoms with Gasteiger partial charge in [0.05, 0.1) is 0 Å². The third-order valence-electron chi connectivity index (χ3n) is 4.55. The van der Waals surface area contributed by atoms with E-state index in [1.54, 1.807) is 0 Å². The minimum absolute atomic E-state index is 0.549. The van der Waals surface area contributed by atoms with E-state index in [9.17, 15) is 0 Å². The Morgan fingerprint density at radius 3 is 2.79 bits per heavy atom. The van der Waals surface area contributed by atoms with E-state index in [0.29, 0.717) is 5.82 Å². The summed E-state index contributed by atoms with van der Waals surface area (Å²) in [7, 11) is 0.999. The smallest absolute Gasteiger partial charge is 0.151 e. The molecule has 0 aliphatic carbocycles. The molecule has 2 heterocycles. The lowest BCUT2D eigenvalue weighted by Gasteiger charge is -2.14. The van der Waals surface area contributed by atoms with Crippen molar-refractivity contribution >= 4 is 19.9 Å². The number of fused-ring (bicyclic) bond motifs is 1. The zero-order valence-electron chi connectivity index (χ0n) is 14.2. The molecule has 0 amide bonds. The first-order chi connectivity index (χ1) is 11.8. The molecule has 0 spiro atoms. The Bertz CT molecular complexity index is 769. The third kappa shape index (κ3) is 4.12. The van der Waals surface area contributed by atoms with Crippen LogP contribution < -0.4 is 5.73 Å². The second-order valence-corrected chi connectivity index (χ2v) is 7.46. The van der Waals surface area contributed by atoms with Crippen molar-refractivity contribution in [1.29, 1.82) is 0 Å². The Morgan fingerprint density at radius 1 is 1.17 bits per heavy atom. The molecule has 3 aromatic rings. The van der Waals surface area contributed by atoms with Crippen LogP contribution in [0.25, 0.3) is 5.52 Å². The fourth-order valence-corrected chi connectivity index (χ4v) is 4.59. The van der Waals surface area contributed by atoms with Crippen LogP contribution in [-0.2, 0) is 12.6 Å². The van der Waals surface area contributed by atoms with Gasteiger partial charge in [0, 0.05) is 5.69 Å². The minimum Gasteiger partial charge on any atom is -0.382 e. The van der Waals surface area contributed by atoms with Gasteiger partial charge in [0.15, 0.2) is 5.82 Å². The zero-order valence-corrected chi connectivity index (χ0v) is 15.2. The maximum absolute atomic E-state index is 5.90. The highest BCUT2D eigenvalue weighted by Crippen LogP contribution is 2.26. The molecule has 0 aliphatic heterocycles. The van der Waals surface area contributed by atoms with Gasteiger partial charge >= 0.3 is 0 Å². The van der Waals surface area contributed by atoms with Gasteiger partial charge in [0.1, 0.15) is 11.8 Å². The summed E-state index contributed by atoms with van der Waals surface area (Å²) in [6.45, 7) is 2.30. The molecule has 2 aromatic heterocycles. The van der Waals surface area contributed by atoms with Gasteiger partial charge < -0.3 is 5.73 Å². The lowest BCUT2D eigenvalue weighted by molar-refractivity contribution is 0.517. The highest BCUT2D eigenvalue weighted by atomic mass is 31.1. The van der Waals surface area contributed by atoms with Crippen LogP contribution >= 0.6 is 8.58 Å². The standard InChI is InChI=1S/C19H25N4P/c1-2-15(12-24-13-16-6-4-3-5-7-16)8-9-17-10-11-18-19(20)21-14-22-23(17)18/h3-7,10-11,14-15,24H,2,8-9,12-13H2,1H3,(H2,20,21,22). The summed E-state index contributed by atoms with van der Waals surface area (Å²) < 4.78 is 1.93. The first-order valence-electron chi connectivity index (χ1n) is 8.59. The molecule has 4 nitrogen and oxygen atoms in total. The zero-order chi connectivity index (χ0) is 16.8. The normalized spacial score (nSPS) is 13.0. The fraction of sp³-hybridized carbons (Fsp3) is 0.368. The molecule has 2 N–H and O–H groups in total. The molecule has 126 valence electrons. The summed E-state index contributed by atoms with van der Waals surface area (Å²) >= 11 is 0. The summed E-state index contributed by atoms with van der Waals surface area (Å²) in [4.78, 5) is 4.05. The lowest BCUT2D eigenvalue weighted by atomic mass is 10.0. The lowest BCUT2D eigenvalue weighted by Crippen LogP contribution is -2.07. The van der Waals surface area contributed by atoms with Crippen LogP contribution in [-0.4, -0.2) is 20.8 Å². The number of nitrogens with two attached hydrogens (primary N) is 1. The van der Waals surface area contributed by atoms with Crippen molar-refractivity contribution in [3.8, 4) is 0 Å². The molecular formula is C19H25N4P. The Hall–Kier alpha value is -1.93. The van der Waals surface area contributed by atoms with E-state index in [-0.39, 0.29) is 0 Å². The van der Waals surface area contributed by atoms with Gasteiger partial charge in [-0.3, -0.25) is 0 Å². The van der Waals surface area contributed by atoms with Gasteiger partial charge in [-0.25, -0.2) is 9.50 Å². The number of nitrogens with zero attached hydrogens (tertiary/aromatic N) is 3. The third-order valence-corrected chi connectivity index (χ3v) is 6.08. The molecule has 0 saturated heterocycles. The molecule has 2 unspecified atom stereocenters. The number of hydrogen-bond acceptors (Lipinski definition) is 3. The minimum atomic E-state index is 0.549. The van der Waals surface area contributed by atoms with Gasteiger partial charge in [-0.05, 0) is 48.8 Å². The second-order valence-electron chi connectivity index (χ2n) is 6.20. The molecule has 3 rings (SSSR count).